The number of carbonyl (C=O) groups excluding carboxylic acids is 1. The lowest BCUT2D eigenvalue weighted by atomic mass is 9.90. The first kappa shape index (κ1) is 10.4. The minimum absolute atomic E-state index is 0.0146. The Labute approximate surface area is 93.8 Å². The molecule has 0 aromatic carbocycles. The monoisotopic (exact) mass is 224 g/mol. The van der Waals surface area contributed by atoms with Gasteiger partial charge in [-0.05, 0) is 13.0 Å². The van der Waals surface area contributed by atoms with Gasteiger partial charge in [-0.15, -0.1) is 0 Å². The molecule has 4 heteroatoms. The zero-order valence-electron chi connectivity index (χ0n) is 9.02. The molecular formula is C11H13ClN2O. The summed E-state index contributed by atoms with van der Waals surface area (Å²) in [5.74, 6) is 0.0146. The maximum Gasteiger partial charge on any atom is 0.162 e. The van der Waals surface area contributed by atoms with E-state index >= 15 is 0 Å². The molecule has 0 saturated heterocycles. The highest BCUT2D eigenvalue weighted by atomic mass is 35.5. The lowest BCUT2D eigenvalue weighted by Gasteiger charge is -2.15. The maximum absolute atomic E-state index is 11.4. The summed E-state index contributed by atoms with van der Waals surface area (Å²) in [6.07, 6.45) is 0. The smallest absolute Gasteiger partial charge is 0.162 e. The van der Waals surface area contributed by atoms with Crippen LogP contribution in [0.15, 0.2) is 6.07 Å². The number of nitrogens with zero attached hydrogens (tertiary/aromatic N) is 1. The Morgan fingerprint density at radius 3 is 2.87 bits per heavy atom. The number of fused-ring (bicyclic) bond motifs is 1. The van der Waals surface area contributed by atoms with Gasteiger partial charge in [0.05, 0.1) is 11.4 Å². The van der Waals surface area contributed by atoms with Crippen molar-refractivity contribution in [1.29, 1.82) is 0 Å². The van der Waals surface area contributed by atoms with Crippen LogP contribution in [0, 0.1) is 0 Å². The van der Waals surface area contributed by atoms with Crippen LogP contribution in [-0.2, 0) is 5.41 Å². The van der Waals surface area contributed by atoms with Crippen molar-refractivity contribution in [2.24, 2.45) is 0 Å². The standard InChI is InChI=1S/C11H13ClN2O/c1-6(15)7-4-8(12)14-10-9(7)13-5-11(10,2)3/h4,13H,5H2,1-3H3. The quantitative estimate of drug-likeness (QED) is 0.589. The van der Waals surface area contributed by atoms with Crippen molar-refractivity contribution in [3.63, 3.8) is 0 Å². The van der Waals surface area contributed by atoms with E-state index in [-0.39, 0.29) is 11.2 Å². The van der Waals surface area contributed by atoms with Gasteiger partial charge in [-0.3, -0.25) is 4.79 Å². The van der Waals surface area contributed by atoms with Gasteiger partial charge in [0.15, 0.2) is 5.78 Å². The Hall–Kier alpha value is -1.09. The Bertz CT molecular complexity index is 440. The highest BCUT2D eigenvalue weighted by molar-refractivity contribution is 6.30. The highest BCUT2D eigenvalue weighted by Gasteiger charge is 2.34. The van der Waals surface area contributed by atoms with E-state index in [1.54, 1.807) is 13.0 Å². The molecule has 0 saturated carbocycles. The van der Waals surface area contributed by atoms with Crippen molar-refractivity contribution >= 4 is 23.1 Å². The second-order valence-electron chi connectivity index (χ2n) is 4.51. The third kappa shape index (κ3) is 1.61. The number of nitrogens with one attached hydrogen (secondary N) is 1. The third-order valence-corrected chi connectivity index (χ3v) is 2.91. The molecule has 0 fully saturated rings. The van der Waals surface area contributed by atoms with E-state index in [0.29, 0.717) is 10.7 Å². The third-order valence-electron chi connectivity index (χ3n) is 2.72. The molecule has 0 unspecified atom stereocenters. The van der Waals surface area contributed by atoms with Crippen molar-refractivity contribution in [3.05, 3.63) is 22.5 Å². The lowest BCUT2D eigenvalue weighted by Crippen LogP contribution is -2.20. The molecule has 1 aliphatic rings. The Morgan fingerprint density at radius 2 is 2.27 bits per heavy atom. The molecule has 0 bridgehead atoms. The molecule has 0 radical (unpaired) electrons. The summed E-state index contributed by atoms with van der Waals surface area (Å²) in [6, 6.07) is 1.62. The molecule has 1 N–H and O–H groups in total. The van der Waals surface area contributed by atoms with Gasteiger partial charge in [0.2, 0.25) is 0 Å². The van der Waals surface area contributed by atoms with Gasteiger partial charge in [0.1, 0.15) is 5.15 Å². The predicted molar refractivity (Wildman–Crippen MR) is 60.8 cm³/mol. The van der Waals surface area contributed by atoms with Crippen LogP contribution in [0.5, 0.6) is 0 Å². The zero-order valence-corrected chi connectivity index (χ0v) is 9.77. The average Bonchev–Trinajstić information content (AvgIpc) is 2.41. The number of ketones is 1. The molecular weight excluding hydrogens is 212 g/mol. The van der Waals surface area contributed by atoms with Crippen molar-refractivity contribution in [2.45, 2.75) is 26.2 Å². The van der Waals surface area contributed by atoms with Crippen molar-refractivity contribution in [2.75, 3.05) is 11.9 Å². The number of Topliss-reactive ketones (excluding diaryl/α,β-unsaturated/α-hetero) is 1. The van der Waals surface area contributed by atoms with Crippen molar-refractivity contribution < 1.29 is 4.79 Å². The predicted octanol–water partition coefficient (Wildman–Crippen LogP) is 2.64. The van der Waals surface area contributed by atoms with Crippen LogP contribution < -0.4 is 5.32 Å². The molecule has 0 spiro atoms. The maximum atomic E-state index is 11.4. The first-order valence-electron chi connectivity index (χ1n) is 4.87. The van der Waals surface area contributed by atoms with Gasteiger partial charge >= 0.3 is 0 Å². The fourth-order valence-corrected chi connectivity index (χ4v) is 2.05. The normalized spacial score (nSPS) is 17.1. The van der Waals surface area contributed by atoms with Crippen LogP contribution in [0.1, 0.15) is 36.8 Å². The largest absolute Gasteiger partial charge is 0.382 e. The van der Waals surface area contributed by atoms with Gasteiger partial charge in [0, 0.05) is 17.5 Å². The summed E-state index contributed by atoms with van der Waals surface area (Å²) in [4.78, 5) is 15.7. The fraction of sp³-hybridized carbons (Fsp3) is 0.455. The van der Waals surface area contributed by atoms with Gasteiger partial charge < -0.3 is 5.32 Å². The van der Waals surface area contributed by atoms with E-state index in [1.165, 1.54) is 0 Å². The van der Waals surface area contributed by atoms with Gasteiger partial charge in [-0.1, -0.05) is 25.4 Å². The first-order valence-corrected chi connectivity index (χ1v) is 5.25. The van der Waals surface area contributed by atoms with Crippen LogP contribution in [0.25, 0.3) is 0 Å². The molecule has 0 amide bonds. The van der Waals surface area contributed by atoms with Crippen molar-refractivity contribution in [1.82, 2.24) is 4.98 Å². The number of pyridine rings is 1. The second kappa shape index (κ2) is 3.20. The van der Waals surface area contributed by atoms with Crippen LogP contribution in [0.2, 0.25) is 5.15 Å². The Kier molecular flexibility index (Phi) is 2.23. The molecule has 2 heterocycles. The average molecular weight is 225 g/mol. The summed E-state index contributed by atoms with van der Waals surface area (Å²) in [6.45, 7) is 6.49. The minimum Gasteiger partial charge on any atom is -0.382 e. The molecule has 80 valence electrons. The summed E-state index contributed by atoms with van der Waals surface area (Å²) >= 11 is 5.91. The fourth-order valence-electron chi connectivity index (χ4n) is 1.85. The lowest BCUT2D eigenvalue weighted by molar-refractivity contribution is 0.101. The zero-order chi connectivity index (χ0) is 11.2. The number of carbonyl (C=O) groups is 1. The number of hydrogen-bond acceptors (Lipinski definition) is 3. The number of anilines is 1. The second-order valence-corrected chi connectivity index (χ2v) is 4.90. The van der Waals surface area contributed by atoms with Crippen LogP contribution in [0.4, 0.5) is 5.69 Å². The molecule has 0 aliphatic carbocycles. The molecule has 3 nitrogen and oxygen atoms in total. The van der Waals surface area contributed by atoms with E-state index in [1.807, 2.05) is 0 Å². The number of rotatable bonds is 1. The summed E-state index contributed by atoms with van der Waals surface area (Å²) in [7, 11) is 0. The van der Waals surface area contributed by atoms with E-state index in [9.17, 15) is 4.79 Å². The molecule has 1 aliphatic heterocycles. The van der Waals surface area contributed by atoms with Crippen LogP contribution in [-0.4, -0.2) is 17.3 Å². The number of hydrogen-bond donors (Lipinski definition) is 1. The minimum atomic E-state index is -0.0650. The molecule has 1 aromatic heterocycles. The molecule has 15 heavy (non-hydrogen) atoms. The molecule has 1 aromatic rings. The molecule has 2 rings (SSSR count). The summed E-state index contributed by atoms with van der Waals surface area (Å²) in [5, 5.41) is 3.61. The van der Waals surface area contributed by atoms with Gasteiger partial charge in [0.25, 0.3) is 0 Å². The summed E-state index contributed by atoms with van der Waals surface area (Å²) < 4.78 is 0. The first-order chi connectivity index (χ1) is 6.92. The van der Waals surface area contributed by atoms with E-state index in [4.69, 9.17) is 11.6 Å². The number of halogens is 1. The Balaban J connectivity index is 2.68. The van der Waals surface area contributed by atoms with Crippen molar-refractivity contribution in [3.8, 4) is 0 Å². The van der Waals surface area contributed by atoms with Crippen LogP contribution >= 0.6 is 11.6 Å². The highest BCUT2D eigenvalue weighted by Crippen LogP contribution is 2.38. The topological polar surface area (TPSA) is 42.0 Å². The van der Waals surface area contributed by atoms with Gasteiger partial charge in [-0.2, -0.15) is 0 Å². The Morgan fingerprint density at radius 1 is 1.60 bits per heavy atom. The van der Waals surface area contributed by atoms with E-state index in [0.717, 1.165) is 17.9 Å². The summed E-state index contributed by atoms with van der Waals surface area (Å²) in [5.41, 5.74) is 2.30. The molecule has 0 atom stereocenters. The van der Waals surface area contributed by atoms with E-state index in [2.05, 4.69) is 24.1 Å². The SMILES string of the molecule is CC(=O)c1cc(Cl)nc2c1NCC2(C)C. The van der Waals surface area contributed by atoms with Crippen LogP contribution in [0.3, 0.4) is 0 Å². The number of aromatic nitrogens is 1. The van der Waals surface area contributed by atoms with Gasteiger partial charge in [-0.25, -0.2) is 4.98 Å². The van der Waals surface area contributed by atoms with E-state index < -0.39 is 0 Å².